The molecule has 0 aliphatic carbocycles. The Hall–Kier alpha value is -1.42. The molecule has 0 spiro atoms. The zero-order valence-corrected chi connectivity index (χ0v) is 11.8. The molecule has 0 fully saturated rings. The van der Waals surface area contributed by atoms with Gasteiger partial charge in [-0.25, -0.2) is 4.79 Å². The number of aromatic nitrogens is 1. The second kappa shape index (κ2) is 5.96. The molecule has 1 N–H and O–H groups in total. The summed E-state index contributed by atoms with van der Waals surface area (Å²) in [5, 5.41) is 3.26. The van der Waals surface area contributed by atoms with Gasteiger partial charge in [-0.1, -0.05) is 13.8 Å². The van der Waals surface area contributed by atoms with E-state index in [1.54, 1.807) is 18.3 Å². The lowest BCUT2D eigenvalue weighted by Gasteiger charge is -2.19. The third kappa shape index (κ3) is 5.27. The summed E-state index contributed by atoms with van der Waals surface area (Å²) in [6.45, 7) is 10.3. The van der Waals surface area contributed by atoms with Gasteiger partial charge in [-0.15, -0.1) is 0 Å². The molecular formula is C14H22N2O2. The van der Waals surface area contributed by atoms with Gasteiger partial charge in [-0.05, 0) is 32.9 Å². The molecule has 18 heavy (non-hydrogen) atoms. The van der Waals surface area contributed by atoms with Gasteiger partial charge in [-0.3, -0.25) is 4.98 Å². The molecule has 0 atom stereocenters. The molecule has 0 aromatic carbocycles. The third-order valence-electron chi connectivity index (χ3n) is 2.14. The van der Waals surface area contributed by atoms with E-state index < -0.39 is 5.60 Å². The number of carbonyl (C=O) groups excluding carboxylic acids is 1. The lowest BCUT2D eigenvalue weighted by molar-refractivity contribution is 0.00692. The van der Waals surface area contributed by atoms with Crippen LogP contribution in [0.4, 0.5) is 0 Å². The lowest BCUT2D eigenvalue weighted by atomic mass is 10.1. The molecule has 0 bridgehead atoms. The van der Waals surface area contributed by atoms with Crippen LogP contribution >= 0.6 is 0 Å². The van der Waals surface area contributed by atoms with Crippen molar-refractivity contribution >= 4 is 5.97 Å². The summed E-state index contributed by atoms with van der Waals surface area (Å²) in [7, 11) is 0. The van der Waals surface area contributed by atoms with Gasteiger partial charge in [0.05, 0.1) is 11.3 Å². The van der Waals surface area contributed by atoms with E-state index in [2.05, 4.69) is 24.1 Å². The van der Waals surface area contributed by atoms with E-state index in [-0.39, 0.29) is 5.97 Å². The number of ether oxygens (including phenoxy) is 1. The minimum atomic E-state index is -0.475. The molecule has 100 valence electrons. The maximum atomic E-state index is 11.9. The van der Waals surface area contributed by atoms with Gasteiger partial charge in [0, 0.05) is 18.8 Å². The van der Waals surface area contributed by atoms with Crippen molar-refractivity contribution in [2.45, 2.75) is 52.8 Å². The minimum Gasteiger partial charge on any atom is -0.456 e. The average molecular weight is 250 g/mol. The van der Waals surface area contributed by atoms with E-state index >= 15 is 0 Å². The molecule has 0 unspecified atom stereocenters. The summed E-state index contributed by atoms with van der Waals surface area (Å²) in [6.07, 6.45) is 1.64. The SMILES string of the molecule is CC(C)NCc1cc(C(=O)OC(C)(C)C)ccn1. The van der Waals surface area contributed by atoms with Crippen LogP contribution in [0.5, 0.6) is 0 Å². The van der Waals surface area contributed by atoms with Gasteiger partial charge in [-0.2, -0.15) is 0 Å². The summed E-state index contributed by atoms with van der Waals surface area (Å²) in [5.41, 5.74) is 0.906. The van der Waals surface area contributed by atoms with Crippen LogP contribution < -0.4 is 5.32 Å². The maximum Gasteiger partial charge on any atom is 0.338 e. The molecule has 1 aromatic heterocycles. The molecule has 0 saturated heterocycles. The van der Waals surface area contributed by atoms with Crippen molar-refractivity contribution in [3.63, 3.8) is 0 Å². The van der Waals surface area contributed by atoms with Crippen LogP contribution in [-0.4, -0.2) is 22.6 Å². The lowest BCUT2D eigenvalue weighted by Crippen LogP contribution is -2.25. The number of carbonyl (C=O) groups is 1. The number of nitrogens with one attached hydrogen (secondary N) is 1. The average Bonchev–Trinajstić information content (AvgIpc) is 2.24. The first-order valence-corrected chi connectivity index (χ1v) is 6.19. The van der Waals surface area contributed by atoms with E-state index in [9.17, 15) is 4.79 Å². The molecular weight excluding hydrogens is 228 g/mol. The smallest absolute Gasteiger partial charge is 0.338 e. The fourth-order valence-corrected chi connectivity index (χ4v) is 1.35. The normalized spacial score (nSPS) is 11.7. The van der Waals surface area contributed by atoms with Crippen LogP contribution in [0.1, 0.15) is 50.7 Å². The number of hydrogen-bond donors (Lipinski definition) is 1. The number of hydrogen-bond acceptors (Lipinski definition) is 4. The van der Waals surface area contributed by atoms with E-state index in [0.29, 0.717) is 18.2 Å². The predicted molar refractivity (Wildman–Crippen MR) is 71.4 cm³/mol. The number of nitrogens with zero attached hydrogens (tertiary/aromatic N) is 1. The highest BCUT2D eigenvalue weighted by Crippen LogP contribution is 2.12. The Kier molecular flexibility index (Phi) is 4.84. The Balaban J connectivity index is 2.72. The molecule has 1 rings (SSSR count). The fourth-order valence-electron chi connectivity index (χ4n) is 1.35. The fraction of sp³-hybridized carbons (Fsp3) is 0.571. The Morgan fingerprint density at radius 3 is 2.67 bits per heavy atom. The van der Waals surface area contributed by atoms with Crippen LogP contribution in [0.15, 0.2) is 18.3 Å². The first kappa shape index (κ1) is 14.6. The van der Waals surface area contributed by atoms with E-state index in [0.717, 1.165) is 5.69 Å². The highest BCUT2D eigenvalue weighted by Gasteiger charge is 2.18. The largest absolute Gasteiger partial charge is 0.456 e. The van der Waals surface area contributed by atoms with Crippen molar-refractivity contribution in [1.29, 1.82) is 0 Å². The number of esters is 1. The zero-order chi connectivity index (χ0) is 13.8. The van der Waals surface area contributed by atoms with Crippen molar-refractivity contribution in [3.8, 4) is 0 Å². The summed E-state index contributed by atoms with van der Waals surface area (Å²) in [5.74, 6) is -0.310. The summed E-state index contributed by atoms with van der Waals surface area (Å²) in [6, 6.07) is 3.83. The third-order valence-corrected chi connectivity index (χ3v) is 2.14. The second-order valence-corrected chi connectivity index (χ2v) is 5.57. The second-order valence-electron chi connectivity index (χ2n) is 5.57. The Morgan fingerprint density at radius 2 is 2.11 bits per heavy atom. The standard InChI is InChI=1S/C14H22N2O2/c1-10(2)16-9-12-8-11(6-7-15-12)13(17)18-14(3,4)5/h6-8,10,16H,9H2,1-5H3. The van der Waals surface area contributed by atoms with Crippen molar-refractivity contribution in [1.82, 2.24) is 10.3 Å². The van der Waals surface area contributed by atoms with E-state index in [4.69, 9.17) is 4.74 Å². The summed E-state index contributed by atoms with van der Waals surface area (Å²) >= 11 is 0. The van der Waals surface area contributed by atoms with Gasteiger partial charge >= 0.3 is 5.97 Å². The van der Waals surface area contributed by atoms with Gasteiger partial charge in [0.15, 0.2) is 0 Å². The number of rotatable bonds is 4. The molecule has 0 aliphatic rings. The van der Waals surface area contributed by atoms with Crippen molar-refractivity contribution in [2.24, 2.45) is 0 Å². The highest BCUT2D eigenvalue weighted by molar-refractivity contribution is 5.89. The first-order valence-electron chi connectivity index (χ1n) is 6.19. The number of pyridine rings is 1. The molecule has 1 heterocycles. The molecule has 0 amide bonds. The molecule has 0 saturated carbocycles. The van der Waals surface area contributed by atoms with Crippen LogP contribution in [0, 0.1) is 0 Å². The van der Waals surface area contributed by atoms with Crippen molar-refractivity contribution < 1.29 is 9.53 Å². The molecule has 0 aliphatic heterocycles. The van der Waals surface area contributed by atoms with Gasteiger partial charge < -0.3 is 10.1 Å². The summed E-state index contributed by atoms with van der Waals surface area (Å²) in [4.78, 5) is 16.1. The Labute approximate surface area is 109 Å². The van der Waals surface area contributed by atoms with E-state index in [1.807, 2.05) is 20.8 Å². The first-order chi connectivity index (χ1) is 8.28. The predicted octanol–water partition coefficient (Wildman–Crippen LogP) is 2.53. The van der Waals surface area contributed by atoms with Crippen LogP contribution in [-0.2, 0) is 11.3 Å². The summed E-state index contributed by atoms with van der Waals surface area (Å²) < 4.78 is 5.32. The van der Waals surface area contributed by atoms with E-state index in [1.165, 1.54) is 0 Å². The topological polar surface area (TPSA) is 51.2 Å². The maximum absolute atomic E-state index is 11.9. The molecule has 4 heteroatoms. The Morgan fingerprint density at radius 1 is 1.44 bits per heavy atom. The molecule has 0 radical (unpaired) electrons. The van der Waals surface area contributed by atoms with Crippen molar-refractivity contribution in [2.75, 3.05) is 0 Å². The Bertz CT molecular complexity index is 409. The quantitative estimate of drug-likeness (QED) is 0.834. The zero-order valence-electron chi connectivity index (χ0n) is 11.8. The van der Waals surface area contributed by atoms with Gasteiger partial charge in [0.25, 0.3) is 0 Å². The van der Waals surface area contributed by atoms with Crippen molar-refractivity contribution in [3.05, 3.63) is 29.6 Å². The van der Waals surface area contributed by atoms with Crippen LogP contribution in [0.25, 0.3) is 0 Å². The highest BCUT2D eigenvalue weighted by atomic mass is 16.6. The van der Waals surface area contributed by atoms with Crippen LogP contribution in [0.2, 0.25) is 0 Å². The van der Waals surface area contributed by atoms with Crippen LogP contribution in [0.3, 0.4) is 0 Å². The van der Waals surface area contributed by atoms with Gasteiger partial charge in [0.1, 0.15) is 5.60 Å². The monoisotopic (exact) mass is 250 g/mol. The minimum absolute atomic E-state index is 0.310. The molecule has 1 aromatic rings. The molecule has 4 nitrogen and oxygen atoms in total. The van der Waals surface area contributed by atoms with Gasteiger partial charge in [0.2, 0.25) is 0 Å².